The number of rotatable bonds is 4. The number of hydrogen-bond acceptors (Lipinski definition) is 2. The van der Waals surface area contributed by atoms with E-state index in [0.29, 0.717) is 10.1 Å². The van der Waals surface area contributed by atoms with Gasteiger partial charge in [-0.3, -0.25) is 4.98 Å². The molecule has 0 radical (unpaired) electrons. The summed E-state index contributed by atoms with van der Waals surface area (Å²) in [6, 6.07) is 22.0. The highest BCUT2D eigenvalue weighted by Crippen LogP contribution is 2.43. The van der Waals surface area contributed by atoms with Crippen LogP contribution in [0, 0.1) is 19.7 Å². The first-order chi connectivity index (χ1) is 15.9. The molecule has 0 amide bonds. The Morgan fingerprint density at radius 2 is 1.67 bits per heavy atom. The third-order valence-corrected chi connectivity index (χ3v) is 6.64. The van der Waals surface area contributed by atoms with E-state index in [1.165, 1.54) is 12.1 Å². The number of halogens is 2. The minimum absolute atomic E-state index is 0.162. The summed E-state index contributed by atoms with van der Waals surface area (Å²) in [7, 11) is 0. The molecule has 0 spiro atoms. The van der Waals surface area contributed by atoms with Gasteiger partial charge >= 0.3 is 0 Å². The zero-order chi connectivity index (χ0) is 23.1. The second kappa shape index (κ2) is 8.61. The Morgan fingerprint density at radius 3 is 2.33 bits per heavy atom. The molecule has 4 nitrogen and oxygen atoms in total. The molecule has 7 heteroatoms. The largest absolute Gasteiger partial charge is 0.351 e. The van der Waals surface area contributed by atoms with Crippen molar-refractivity contribution in [3.63, 3.8) is 0 Å². The molecule has 1 saturated heterocycles. The second-order valence-corrected chi connectivity index (χ2v) is 8.93. The van der Waals surface area contributed by atoms with Crippen molar-refractivity contribution in [1.82, 2.24) is 14.9 Å². The van der Waals surface area contributed by atoms with Crippen LogP contribution in [0.25, 0.3) is 5.69 Å². The minimum Gasteiger partial charge on any atom is -0.351 e. The van der Waals surface area contributed by atoms with Crippen LogP contribution < -0.4 is 10.2 Å². The monoisotopic (exact) mass is 476 g/mol. The number of benzene rings is 2. The van der Waals surface area contributed by atoms with Crippen molar-refractivity contribution in [2.45, 2.75) is 25.9 Å². The third kappa shape index (κ3) is 3.90. The molecule has 0 unspecified atom stereocenters. The van der Waals surface area contributed by atoms with Crippen molar-refractivity contribution in [3.8, 4) is 5.69 Å². The van der Waals surface area contributed by atoms with Crippen LogP contribution in [0.3, 0.4) is 0 Å². The highest BCUT2D eigenvalue weighted by molar-refractivity contribution is 7.80. The van der Waals surface area contributed by atoms with Crippen LogP contribution >= 0.6 is 23.8 Å². The van der Waals surface area contributed by atoms with Crippen molar-refractivity contribution in [2.24, 2.45) is 0 Å². The van der Waals surface area contributed by atoms with E-state index in [4.69, 9.17) is 23.8 Å². The van der Waals surface area contributed by atoms with E-state index < -0.39 is 0 Å². The smallest absolute Gasteiger partial charge is 0.174 e. The van der Waals surface area contributed by atoms with Gasteiger partial charge in [-0.05, 0) is 98.4 Å². The summed E-state index contributed by atoms with van der Waals surface area (Å²) >= 11 is 11.9. The molecule has 2 aromatic heterocycles. The summed E-state index contributed by atoms with van der Waals surface area (Å²) < 4.78 is 15.9. The lowest BCUT2D eigenvalue weighted by molar-refractivity contribution is 0.565. The summed E-state index contributed by atoms with van der Waals surface area (Å²) in [5, 5.41) is 4.74. The van der Waals surface area contributed by atoms with Gasteiger partial charge in [0.05, 0.1) is 17.8 Å². The van der Waals surface area contributed by atoms with Gasteiger partial charge in [0.2, 0.25) is 0 Å². The number of anilines is 1. The number of pyridine rings is 1. The number of aryl methyl sites for hydroxylation is 1. The summed E-state index contributed by atoms with van der Waals surface area (Å²) in [6.45, 7) is 4.19. The summed E-state index contributed by atoms with van der Waals surface area (Å²) in [6.07, 6.45) is 1.79. The molecule has 1 aliphatic rings. The second-order valence-electron chi connectivity index (χ2n) is 8.11. The molecule has 0 saturated carbocycles. The van der Waals surface area contributed by atoms with E-state index in [-0.39, 0.29) is 17.9 Å². The number of nitrogens with zero attached hydrogens (tertiary/aromatic N) is 3. The first kappa shape index (κ1) is 21.6. The summed E-state index contributed by atoms with van der Waals surface area (Å²) in [4.78, 5) is 6.67. The van der Waals surface area contributed by atoms with Crippen molar-refractivity contribution in [3.05, 3.63) is 112 Å². The zero-order valence-corrected chi connectivity index (χ0v) is 19.7. The van der Waals surface area contributed by atoms with Crippen LogP contribution in [-0.2, 0) is 0 Å². The molecule has 2 atom stereocenters. The first-order valence-corrected chi connectivity index (χ1v) is 11.4. The maximum absolute atomic E-state index is 13.7. The molecule has 4 aromatic rings. The molecule has 3 heterocycles. The molecule has 1 fully saturated rings. The normalized spacial score (nSPS) is 17.9. The molecule has 33 heavy (non-hydrogen) atoms. The van der Waals surface area contributed by atoms with Gasteiger partial charge in [0.25, 0.3) is 0 Å². The highest BCUT2D eigenvalue weighted by atomic mass is 35.5. The van der Waals surface area contributed by atoms with Gasteiger partial charge in [0.15, 0.2) is 5.11 Å². The van der Waals surface area contributed by atoms with E-state index in [2.05, 4.69) is 39.7 Å². The Balaban J connectivity index is 1.67. The fourth-order valence-corrected chi connectivity index (χ4v) is 5.10. The summed E-state index contributed by atoms with van der Waals surface area (Å²) in [5.74, 6) is -0.282. The van der Waals surface area contributed by atoms with E-state index >= 15 is 0 Å². The standard InChI is InChI=1S/C26H22ClFN4S/c1-16-15-22(17(2)31(16)20-10-6-18(27)7-11-20)25-24(23-5-3-4-14-29-23)30-26(33)32(25)21-12-8-19(28)9-13-21/h3-15,24-25H,1-2H3,(H,30,33)/t24-,25+/m0/s1. The molecular formula is C26H22ClFN4S. The van der Waals surface area contributed by atoms with Crippen LogP contribution in [0.5, 0.6) is 0 Å². The molecule has 0 bridgehead atoms. The molecule has 2 aromatic carbocycles. The van der Waals surface area contributed by atoms with Crippen LogP contribution in [-0.4, -0.2) is 14.7 Å². The van der Waals surface area contributed by atoms with Crippen molar-refractivity contribution >= 4 is 34.6 Å². The predicted octanol–water partition coefficient (Wildman–Crippen LogP) is 6.46. The van der Waals surface area contributed by atoms with E-state index in [9.17, 15) is 4.39 Å². The SMILES string of the molecule is Cc1cc([C@@H]2[C@H](c3ccccn3)NC(=S)N2c2ccc(F)cc2)c(C)n1-c1ccc(Cl)cc1. The zero-order valence-electron chi connectivity index (χ0n) is 18.2. The van der Waals surface area contributed by atoms with Crippen molar-refractivity contribution in [1.29, 1.82) is 0 Å². The fourth-order valence-electron chi connectivity index (χ4n) is 4.63. The van der Waals surface area contributed by atoms with Crippen molar-refractivity contribution in [2.75, 3.05) is 4.90 Å². The van der Waals surface area contributed by atoms with E-state index in [1.54, 1.807) is 18.3 Å². The average Bonchev–Trinajstić information content (AvgIpc) is 3.31. The Bertz CT molecular complexity index is 1300. The van der Waals surface area contributed by atoms with Crippen LogP contribution in [0.4, 0.5) is 10.1 Å². The predicted molar refractivity (Wildman–Crippen MR) is 135 cm³/mol. The topological polar surface area (TPSA) is 33.1 Å². The van der Waals surface area contributed by atoms with Gasteiger partial charge in [0, 0.05) is 34.0 Å². The van der Waals surface area contributed by atoms with Crippen molar-refractivity contribution < 1.29 is 4.39 Å². The van der Waals surface area contributed by atoms with Gasteiger partial charge in [-0.1, -0.05) is 17.7 Å². The van der Waals surface area contributed by atoms with E-state index in [1.807, 2.05) is 42.5 Å². The maximum atomic E-state index is 13.7. The van der Waals surface area contributed by atoms with Gasteiger partial charge in [0.1, 0.15) is 5.82 Å². The molecule has 1 N–H and O–H groups in total. The number of thiocarbonyl (C=S) groups is 1. The molecule has 1 aliphatic heterocycles. The van der Waals surface area contributed by atoms with E-state index in [0.717, 1.165) is 34.0 Å². The Morgan fingerprint density at radius 1 is 0.970 bits per heavy atom. The minimum atomic E-state index is -0.282. The lowest BCUT2D eigenvalue weighted by Crippen LogP contribution is -2.29. The Kier molecular flexibility index (Phi) is 5.64. The molecule has 5 rings (SSSR count). The molecule has 166 valence electrons. The van der Waals surface area contributed by atoms with Crippen LogP contribution in [0.2, 0.25) is 5.02 Å². The van der Waals surface area contributed by atoms with Gasteiger partial charge in [-0.2, -0.15) is 0 Å². The number of aromatic nitrogens is 2. The number of hydrogen-bond donors (Lipinski definition) is 1. The molecular weight excluding hydrogens is 455 g/mol. The third-order valence-electron chi connectivity index (χ3n) is 6.08. The van der Waals surface area contributed by atoms with Crippen LogP contribution in [0.15, 0.2) is 79.0 Å². The lowest BCUT2D eigenvalue weighted by Gasteiger charge is -2.28. The average molecular weight is 477 g/mol. The van der Waals surface area contributed by atoms with Gasteiger partial charge in [-0.15, -0.1) is 0 Å². The lowest BCUT2D eigenvalue weighted by atomic mass is 9.96. The Labute approximate surface area is 202 Å². The number of nitrogens with one attached hydrogen (secondary N) is 1. The van der Waals surface area contributed by atoms with Gasteiger partial charge < -0.3 is 14.8 Å². The fraction of sp³-hybridized carbons (Fsp3) is 0.154. The molecule has 0 aliphatic carbocycles. The highest BCUT2D eigenvalue weighted by Gasteiger charge is 2.42. The first-order valence-electron chi connectivity index (χ1n) is 10.6. The maximum Gasteiger partial charge on any atom is 0.174 e. The van der Waals surface area contributed by atoms with Gasteiger partial charge in [-0.25, -0.2) is 4.39 Å². The van der Waals surface area contributed by atoms with Crippen LogP contribution in [0.1, 0.15) is 34.7 Å². The Hall–Kier alpha value is -3.22. The quantitative estimate of drug-likeness (QED) is 0.343. The summed E-state index contributed by atoms with van der Waals surface area (Å²) in [5.41, 5.74) is 6.08.